The topological polar surface area (TPSA) is 66.5 Å². The summed E-state index contributed by atoms with van der Waals surface area (Å²) in [5.74, 6) is -0.456. The molecule has 0 heterocycles. The lowest BCUT2D eigenvalue weighted by Crippen LogP contribution is -2.30. The maximum absolute atomic E-state index is 12.6. The monoisotopic (exact) mass is 366 g/mol. The Hall–Kier alpha value is -1.89. The number of nitrogens with zero attached hydrogens (tertiary/aromatic N) is 1. The minimum atomic E-state index is -3.65. The molecule has 0 aromatic heterocycles. The molecule has 128 valence electrons. The second-order valence-electron chi connectivity index (χ2n) is 5.05. The molecule has 2 rings (SSSR count). The summed E-state index contributed by atoms with van der Waals surface area (Å²) in [4.78, 5) is 12.5. The highest BCUT2D eigenvalue weighted by molar-refractivity contribution is 7.89. The van der Waals surface area contributed by atoms with Crippen molar-refractivity contribution in [2.45, 2.75) is 18.7 Å². The third-order valence-electron chi connectivity index (χ3n) is 3.56. The van der Waals surface area contributed by atoms with Crippen LogP contribution in [0.5, 0.6) is 0 Å². The first-order valence-corrected chi connectivity index (χ1v) is 9.38. The molecule has 0 aliphatic rings. The SMILES string of the molecule is CCN(CC)S(=O)(=O)c1ccc(Cl)c(C(=O)Nc2ccccc2)c1. The maximum atomic E-state index is 12.6. The molecule has 5 nitrogen and oxygen atoms in total. The van der Waals surface area contributed by atoms with E-state index >= 15 is 0 Å². The highest BCUT2D eigenvalue weighted by Crippen LogP contribution is 2.24. The molecule has 0 bridgehead atoms. The van der Waals surface area contributed by atoms with Crippen molar-refractivity contribution in [2.75, 3.05) is 18.4 Å². The van der Waals surface area contributed by atoms with E-state index in [1.54, 1.807) is 38.1 Å². The average molecular weight is 367 g/mol. The summed E-state index contributed by atoms with van der Waals surface area (Å²) in [5, 5.41) is 2.90. The molecule has 1 N–H and O–H groups in total. The van der Waals surface area contributed by atoms with Gasteiger partial charge in [0.2, 0.25) is 10.0 Å². The van der Waals surface area contributed by atoms with Crippen LogP contribution in [0.2, 0.25) is 5.02 Å². The summed E-state index contributed by atoms with van der Waals surface area (Å²) < 4.78 is 26.5. The van der Waals surface area contributed by atoms with Gasteiger partial charge in [-0.3, -0.25) is 4.79 Å². The van der Waals surface area contributed by atoms with Crippen molar-refractivity contribution in [3.8, 4) is 0 Å². The highest BCUT2D eigenvalue weighted by Gasteiger charge is 2.23. The Morgan fingerprint density at radius 3 is 2.29 bits per heavy atom. The van der Waals surface area contributed by atoms with Crippen molar-refractivity contribution in [1.29, 1.82) is 0 Å². The van der Waals surface area contributed by atoms with Crippen molar-refractivity contribution in [3.05, 3.63) is 59.1 Å². The van der Waals surface area contributed by atoms with E-state index in [0.717, 1.165) is 0 Å². The molecule has 24 heavy (non-hydrogen) atoms. The van der Waals surface area contributed by atoms with Gasteiger partial charge in [0, 0.05) is 18.8 Å². The Balaban J connectivity index is 2.37. The summed E-state index contributed by atoms with van der Waals surface area (Å²) in [6, 6.07) is 13.0. The summed E-state index contributed by atoms with van der Waals surface area (Å²) in [6.45, 7) is 4.24. The molecule has 7 heteroatoms. The zero-order valence-corrected chi connectivity index (χ0v) is 15.1. The van der Waals surface area contributed by atoms with Crippen LogP contribution in [-0.2, 0) is 10.0 Å². The molecular weight excluding hydrogens is 348 g/mol. The van der Waals surface area contributed by atoms with Gasteiger partial charge in [-0.05, 0) is 30.3 Å². The van der Waals surface area contributed by atoms with Crippen LogP contribution in [-0.4, -0.2) is 31.7 Å². The van der Waals surface area contributed by atoms with E-state index in [1.807, 2.05) is 6.07 Å². The lowest BCUT2D eigenvalue weighted by molar-refractivity contribution is 0.102. The predicted molar refractivity (Wildman–Crippen MR) is 96.0 cm³/mol. The van der Waals surface area contributed by atoms with Gasteiger partial charge in [0.25, 0.3) is 5.91 Å². The molecule has 0 saturated heterocycles. The molecule has 0 aliphatic heterocycles. The summed E-state index contributed by atoms with van der Waals surface area (Å²) in [5.41, 5.74) is 0.726. The van der Waals surface area contributed by atoms with Crippen LogP contribution >= 0.6 is 11.6 Å². The number of para-hydroxylation sites is 1. The molecule has 0 saturated carbocycles. The summed E-state index contributed by atoms with van der Waals surface area (Å²) in [7, 11) is -3.65. The van der Waals surface area contributed by atoms with Gasteiger partial charge in [-0.15, -0.1) is 0 Å². The predicted octanol–water partition coefficient (Wildman–Crippen LogP) is 3.62. The fourth-order valence-electron chi connectivity index (χ4n) is 2.27. The van der Waals surface area contributed by atoms with Crippen molar-refractivity contribution < 1.29 is 13.2 Å². The Labute approximate surface area is 147 Å². The quantitative estimate of drug-likeness (QED) is 0.849. The smallest absolute Gasteiger partial charge is 0.257 e. The van der Waals surface area contributed by atoms with E-state index in [9.17, 15) is 13.2 Å². The molecule has 2 aromatic carbocycles. The first-order chi connectivity index (χ1) is 11.4. The molecule has 0 unspecified atom stereocenters. The Morgan fingerprint density at radius 2 is 1.71 bits per heavy atom. The largest absolute Gasteiger partial charge is 0.322 e. The third-order valence-corrected chi connectivity index (χ3v) is 5.93. The number of anilines is 1. The number of hydrogen-bond acceptors (Lipinski definition) is 3. The van der Waals surface area contributed by atoms with Gasteiger partial charge in [-0.2, -0.15) is 4.31 Å². The van der Waals surface area contributed by atoms with Gasteiger partial charge in [0.1, 0.15) is 0 Å². The fourth-order valence-corrected chi connectivity index (χ4v) is 3.96. The number of nitrogens with one attached hydrogen (secondary N) is 1. The first-order valence-electron chi connectivity index (χ1n) is 7.56. The average Bonchev–Trinajstić information content (AvgIpc) is 2.56. The summed E-state index contributed by atoms with van der Waals surface area (Å²) >= 11 is 6.09. The van der Waals surface area contributed by atoms with Gasteiger partial charge in [-0.1, -0.05) is 43.6 Å². The number of rotatable bonds is 6. The maximum Gasteiger partial charge on any atom is 0.257 e. The van der Waals surface area contributed by atoms with Gasteiger partial charge in [0.05, 0.1) is 15.5 Å². The van der Waals surface area contributed by atoms with Gasteiger partial charge >= 0.3 is 0 Å². The van der Waals surface area contributed by atoms with Crippen LogP contribution in [0.4, 0.5) is 5.69 Å². The summed E-state index contributed by atoms with van der Waals surface area (Å²) in [6.07, 6.45) is 0. The van der Waals surface area contributed by atoms with E-state index in [-0.39, 0.29) is 15.5 Å². The Kier molecular flexibility index (Phi) is 5.99. The van der Waals surface area contributed by atoms with Gasteiger partial charge < -0.3 is 5.32 Å². The normalized spacial score (nSPS) is 11.5. The fraction of sp³-hybridized carbons (Fsp3) is 0.235. The second kappa shape index (κ2) is 7.79. The van der Waals surface area contributed by atoms with E-state index in [4.69, 9.17) is 11.6 Å². The van der Waals surface area contributed by atoms with Gasteiger partial charge in [0.15, 0.2) is 0 Å². The van der Waals surface area contributed by atoms with Crippen LogP contribution in [0.25, 0.3) is 0 Å². The highest BCUT2D eigenvalue weighted by atomic mass is 35.5. The molecule has 0 fully saturated rings. The minimum absolute atomic E-state index is 0.0498. The molecule has 0 atom stereocenters. The number of sulfonamides is 1. The first kappa shape index (κ1) is 18.4. The molecule has 0 aliphatic carbocycles. The van der Waals surface area contributed by atoms with Crippen molar-refractivity contribution in [1.82, 2.24) is 4.31 Å². The van der Waals surface area contributed by atoms with Crippen LogP contribution in [0.3, 0.4) is 0 Å². The zero-order chi connectivity index (χ0) is 17.7. The number of carbonyl (C=O) groups excluding carboxylic acids is 1. The van der Waals surface area contributed by atoms with Crippen LogP contribution in [0.15, 0.2) is 53.4 Å². The lowest BCUT2D eigenvalue weighted by atomic mass is 10.2. The number of hydrogen-bond donors (Lipinski definition) is 1. The van der Waals surface area contributed by atoms with E-state index in [2.05, 4.69) is 5.32 Å². The van der Waals surface area contributed by atoms with Crippen LogP contribution in [0.1, 0.15) is 24.2 Å². The van der Waals surface area contributed by atoms with Crippen molar-refractivity contribution in [2.24, 2.45) is 0 Å². The minimum Gasteiger partial charge on any atom is -0.322 e. The van der Waals surface area contributed by atoms with Crippen molar-refractivity contribution in [3.63, 3.8) is 0 Å². The number of halogens is 1. The van der Waals surface area contributed by atoms with E-state index in [0.29, 0.717) is 18.8 Å². The van der Waals surface area contributed by atoms with Crippen LogP contribution in [0, 0.1) is 0 Å². The van der Waals surface area contributed by atoms with Gasteiger partial charge in [-0.25, -0.2) is 8.42 Å². The zero-order valence-electron chi connectivity index (χ0n) is 13.5. The second-order valence-corrected chi connectivity index (χ2v) is 7.40. The molecule has 2 aromatic rings. The molecule has 0 radical (unpaired) electrons. The molecule has 0 spiro atoms. The lowest BCUT2D eigenvalue weighted by Gasteiger charge is -2.19. The number of carbonyl (C=O) groups is 1. The van der Waals surface area contributed by atoms with Crippen molar-refractivity contribution >= 4 is 33.2 Å². The van der Waals surface area contributed by atoms with E-state index in [1.165, 1.54) is 22.5 Å². The Morgan fingerprint density at radius 1 is 1.08 bits per heavy atom. The third kappa shape index (κ3) is 3.95. The van der Waals surface area contributed by atoms with Crippen LogP contribution < -0.4 is 5.32 Å². The number of amides is 1. The van der Waals surface area contributed by atoms with E-state index < -0.39 is 15.9 Å². The standard InChI is InChI=1S/C17H19ClN2O3S/c1-3-20(4-2)24(22,23)14-10-11-16(18)15(12-14)17(21)19-13-8-6-5-7-9-13/h5-12H,3-4H2,1-2H3,(H,19,21). The molecule has 1 amide bonds. The number of benzene rings is 2. The Bertz CT molecular complexity index is 819. The molecular formula is C17H19ClN2O3S.